The van der Waals surface area contributed by atoms with Crippen molar-refractivity contribution in [1.82, 2.24) is 29.7 Å². The smallest absolute Gasteiger partial charge is 0.407 e. The molecule has 188 valence electrons. The van der Waals surface area contributed by atoms with Crippen LogP contribution in [0.1, 0.15) is 27.0 Å². The molecule has 0 spiro atoms. The van der Waals surface area contributed by atoms with E-state index in [2.05, 4.69) is 20.3 Å². The summed E-state index contributed by atoms with van der Waals surface area (Å²) in [5.74, 6) is 0.318. The molecule has 12 nitrogen and oxygen atoms in total. The molecule has 1 saturated heterocycles. The lowest BCUT2D eigenvalue weighted by molar-refractivity contribution is -0.164. The third-order valence-electron chi connectivity index (χ3n) is 5.20. The highest BCUT2D eigenvalue weighted by molar-refractivity contribution is 7.98. The summed E-state index contributed by atoms with van der Waals surface area (Å²) in [6.07, 6.45) is 0.966. The van der Waals surface area contributed by atoms with E-state index in [0.717, 1.165) is 0 Å². The standard InChI is InChI=1S/C21H33N7O5S/c1-21(2,3)19(29)32-14-12(9-34-6)31-18(15(14)33-20(30)23-7-8-27(4)5)28-11-26-13-16(22)24-10-25-17(13)28/h10-12,14-15,18H,7-9H2,1-6H3,(H,23,30)(H2,22,24,25). The van der Waals surface area contributed by atoms with Crippen LogP contribution in [0.3, 0.4) is 0 Å². The summed E-state index contributed by atoms with van der Waals surface area (Å²) >= 11 is 1.53. The van der Waals surface area contributed by atoms with E-state index < -0.39 is 42.0 Å². The zero-order valence-corrected chi connectivity index (χ0v) is 21.2. The number of anilines is 1. The van der Waals surface area contributed by atoms with Gasteiger partial charge in [-0.05, 0) is 41.1 Å². The molecule has 0 aliphatic carbocycles. The first-order valence-corrected chi connectivity index (χ1v) is 12.3. The van der Waals surface area contributed by atoms with Crippen LogP contribution in [0.25, 0.3) is 11.2 Å². The SMILES string of the molecule is CSCC1OC(n2cnc3c(N)ncnc32)C(OC(=O)NCCN(C)C)C1OC(=O)C(C)(C)C. The number of esters is 1. The Morgan fingerprint density at radius 1 is 1.24 bits per heavy atom. The molecule has 1 amide bonds. The van der Waals surface area contributed by atoms with Crippen molar-refractivity contribution >= 4 is 40.8 Å². The second-order valence-corrected chi connectivity index (χ2v) is 10.2. The maximum absolute atomic E-state index is 12.8. The monoisotopic (exact) mass is 495 g/mol. The van der Waals surface area contributed by atoms with Crippen LogP contribution in [0.5, 0.6) is 0 Å². The Morgan fingerprint density at radius 3 is 2.62 bits per heavy atom. The molecule has 0 aromatic carbocycles. The summed E-state index contributed by atoms with van der Waals surface area (Å²) in [4.78, 5) is 40.0. The van der Waals surface area contributed by atoms with Crippen molar-refractivity contribution in [2.75, 3.05) is 44.9 Å². The number of likely N-dealkylation sites (N-methyl/N-ethyl adjacent to an activating group) is 1. The summed E-state index contributed by atoms with van der Waals surface area (Å²) in [5.41, 5.74) is 6.01. The van der Waals surface area contributed by atoms with Gasteiger partial charge in [-0.15, -0.1) is 0 Å². The van der Waals surface area contributed by atoms with Crippen molar-refractivity contribution in [1.29, 1.82) is 0 Å². The van der Waals surface area contributed by atoms with Gasteiger partial charge in [-0.2, -0.15) is 11.8 Å². The van der Waals surface area contributed by atoms with Crippen LogP contribution in [0.4, 0.5) is 10.6 Å². The van der Waals surface area contributed by atoms with Gasteiger partial charge < -0.3 is 30.2 Å². The number of nitrogens with two attached hydrogens (primary N) is 1. The van der Waals surface area contributed by atoms with Crippen molar-refractivity contribution in [2.24, 2.45) is 5.41 Å². The van der Waals surface area contributed by atoms with E-state index in [1.54, 1.807) is 25.3 Å². The summed E-state index contributed by atoms with van der Waals surface area (Å²) < 4.78 is 19.6. The van der Waals surface area contributed by atoms with Gasteiger partial charge >= 0.3 is 12.1 Å². The van der Waals surface area contributed by atoms with E-state index in [-0.39, 0.29) is 5.82 Å². The summed E-state index contributed by atoms with van der Waals surface area (Å²) in [6.45, 7) is 6.32. The molecule has 3 rings (SSSR count). The highest BCUT2D eigenvalue weighted by atomic mass is 32.2. The van der Waals surface area contributed by atoms with E-state index in [0.29, 0.717) is 30.0 Å². The topological polar surface area (TPSA) is 147 Å². The number of carbonyl (C=O) groups is 2. The second-order valence-electron chi connectivity index (χ2n) is 9.32. The largest absolute Gasteiger partial charge is 0.455 e. The van der Waals surface area contributed by atoms with Gasteiger partial charge in [0.25, 0.3) is 0 Å². The van der Waals surface area contributed by atoms with Gasteiger partial charge in [-0.3, -0.25) is 9.36 Å². The van der Waals surface area contributed by atoms with Crippen LogP contribution in [0, 0.1) is 5.41 Å². The molecule has 1 aliphatic heterocycles. The maximum atomic E-state index is 12.8. The van der Waals surface area contributed by atoms with Crippen LogP contribution in [-0.2, 0) is 19.0 Å². The van der Waals surface area contributed by atoms with E-state index >= 15 is 0 Å². The minimum absolute atomic E-state index is 0.219. The molecule has 3 heterocycles. The van der Waals surface area contributed by atoms with Gasteiger partial charge in [0, 0.05) is 18.8 Å². The number of alkyl carbamates (subject to hydrolysis) is 1. The first-order chi connectivity index (χ1) is 16.0. The Labute approximate surface area is 202 Å². The lowest BCUT2D eigenvalue weighted by atomic mass is 9.97. The quantitative estimate of drug-likeness (QED) is 0.510. The van der Waals surface area contributed by atoms with Crippen LogP contribution < -0.4 is 11.1 Å². The minimum atomic E-state index is -0.948. The fraction of sp³-hybridized carbons (Fsp3) is 0.667. The van der Waals surface area contributed by atoms with Crippen LogP contribution >= 0.6 is 11.8 Å². The van der Waals surface area contributed by atoms with Gasteiger partial charge in [-0.25, -0.2) is 19.7 Å². The van der Waals surface area contributed by atoms with Gasteiger partial charge in [0.1, 0.15) is 17.9 Å². The number of amides is 1. The molecule has 4 atom stereocenters. The normalized spacial score (nSPS) is 22.8. The number of nitrogen functional groups attached to an aromatic ring is 1. The zero-order chi connectivity index (χ0) is 25.0. The molecular formula is C21H33N7O5S. The van der Waals surface area contributed by atoms with Crippen molar-refractivity contribution in [2.45, 2.75) is 45.3 Å². The summed E-state index contributed by atoms with van der Waals surface area (Å²) in [5, 5.41) is 2.73. The van der Waals surface area contributed by atoms with Crippen molar-refractivity contribution in [3.8, 4) is 0 Å². The number of rotatable bonds is 8. The number of ether oxygens (including phenoxy) is 3. The van der Waals surface area contributed by atoms with Crippen molar-refractivity contribution in [3.63, 3.8) is 0 Å². The van der Waals surface area contributed by atoms with E-state index in [4.69, 9.17) is 19.9 Å². The number of hydrogen-bond donors (Lipinski definition) is 2. The average Bonchev–Trinajstić information content (AvgIpc) is 3.30. The molecule has 1 fully saturated rings. The number of fused-ring (bicyclic) bond motifs is 1. The lowest BCUT2D eigenvalue weighted by Crippen LogP contribution is -2.44. The first kappa shape index (κ1) is 26.0. The fourth-order valence-electron chi connectivity index (χ4n) is 3.40. The lowest BCUT2D eigenvalue weighted by Gasteiger charge is -2.27. The average molecular weight is 496 g/mol. The molecule has 2 aromatic heterocycles. The number of thioether (sulfide) groups is 1. The number of aromatic nitrogens is 4. The molecule has 34 heavy (non-hydrogen) atoms. The van der Waals surface area contributed by atoms with E-state index in [1.165, 1.54) is 24.4 Å². The highest BCUT2D eigenvalue weighted by Gasteiger charge is 2.51. The molecule has 0 saturated carbocycles. The zero-order valence-electron chi connectivity index (χ0n) is 20.3. The first-order valence-electron chi connectivity index (χ1n) is 10.9. The number of imidazole rings is 1. The predicted molar refractivity (Wildman–Crippen MR) is 128 cm³/mol. The van der Waals surface area contributed by atoms with Gasteiger partial charge in [0.15, 0.2) is 29.9 Å². The number of nitrogens with zero attached hydrogens (tertiary/aromatic N) is 5. The third kappa shape index (κ3) is 5.88. The Kier molecular flexibility index (Phi) is 8.21. The number of nitrogens with one attached hydrogen (secondary N) is 1. The van der Waals surface area contributed by atoms with Crippen LogP contribution in [0.2, 0.25) is 0 Å². The van der Waals surface area contributed by atoms with Crippen molar-refractivity contribution in [3.05, 3.63) is 12.7 Å². The Balaban J connectivity index is 1.95. The molecule has 2 aromatic rings. The molecule has 3 N–H and O–H groups in total. The Bertz CT molecular complexity index is 1010. The van der Waals surface area contributed by atoms with Crippen LogP contribution in [0.15, 0.2) is 12.7 Å². The molecule has 0 radical (unpaired) electrons. The summed E-state index contributed by atoms with van der Waals surface area (Å²) in [7, 11) is 3.81. The van der Waals surface area contributed by atoms with Gasteiger partial charge in [0.2, 0.25) is 0 Å². The molecular weight excluding hydrogens is 462 g/mol. The molecule has 4 unspecified atom stereocenters. The second kappa shape index (κ2) is 10.7. The number of carbonyl (C=O) groups excluding carboxylic acids is 2. The maximum Gasteiger partial charge on any atom is 0.407 e. The fourth-order valence-corrected chi connectivity index (χ4v) is 4.00. The highest BCUT2D eigenvalue weighted by Crippen LogP contribution is 2.37. The van der Waals surface area contributed by atoms with Gasteiger partial charge in [0.05, 0.1) is 11.7 Å². The minimum Gasteiger partial charge on any atom is -0.455 e. The van der Waals surface area contributed by atoms with Gasteiger partial charge in [-0.1, -0.05) is 0 Å². The van der Waals surface area contributed by atoms with Crippen LogP contribution in [-0.4, -0.2) is 94.0 Å². The van der Waals surface area contributed by atoms with E-state index in [1.807, 2.05) is 25.3 Å². The summed E-state index contributed by atoms with van der Waals surface area (Å²) in [6, 6.07) is 0. The molecule has 1 aliphatic rings. The Morgan fingerprint density at radius 2 is 1.97 bits per heavy atom. The Hall–Kier alpha value is -2.64. The third-order valence-corrected chi connectivity index (χ3v) is 5.87. The predicted octanol–water partition coefficient (Wildman–Crippen LogP) is 1.28. The van der Waals surface area contributed by atoms with Crippen molar-refractivity contribution < 1.29 is 23.8 Å². The van der Waals surface area contributed by atoms with E-state index in [9.17, 15) is 9.59 Å². The number of hydrogen-bond acceptors (Lipinski definition) is 11. The molecule has 0 bridgehead atoms. The molecule has 13 heteroatoms.